The third-order valence-corrected chi connectivity index (χ3v) is 5.15. The molecule has 0 aromatic heterocycles. The number of phenols is 1. The average molecular weight is 367 g/mol. The summed E-state index contributed by atoms with van der Waals surface area (Å²) in [7, 11) is 2.12. The van der Waals surface area contributed by atoms with Gasteiger partial charge in [-0.1, -0.05) is 45.7 Å². The first-order chi connectivity index (χ1) is 10.1. The van der Waals surface area contributed by atoms with Crippen molar-refractivity contribution in [3.05, 3.63) is 63.1 Å². The Kier molecular flexibility index (Phi) is 4.25. The van der Waals surface area contributed by atoms with E-state index in [-0.39, 0.29) is 5.92 Å². The zero-order valence-electron chi connectivity index (χ0n) is 11.8. The molecule has 2 aromatic rings. The molecule has 1 fully saturated rings. The largest absolute Gasteiger partial charge is 0.508 e. The molecule has 1 N–H and O–H groups in total. The zero-order chi connectivity index (χ0) is 15.0. The highest BCUT2D eigenvalue weighted by Crippen LogP contribution is 2.44. The normalized spacial score (nSPS) is 22.6. The molecule has 2 nitrogen and oxygen atoms in total. The van der Waals surface area contributed by atoms with E-state index in [1.807, 2.05) is 12.1 Å². The summed E-state index contributed by atoms with van der Waals surface area (Å²) in [5.41, 5.74) is 2.22. The number of halogens is 2. The Morgan fingerprint density at radius 2 is 1.76 bits per heavy atom. The summed E-state index contributed by atoms with van der Waals surface area (Å²) in [6.45, 7) is 1.89. The lowest BCUT2D eigenvalue weighted by Gasteiger charge is -2.21. The summed E-state index contributed by atoms with van der Waals surface area (Å²) >= 11 is 9.77. The molecule has 0 saturated carbocycles. The number of benzene rings is 2. The van der Waals surface area contributed by atoms with Crippen LogP contribution in [0.4, 0.5) is 0 Å². The quantitative estimate of drug-likeness (QED) is 0.838. The Morgan fingerprint density at radius 1 is 1.10 bits per heavy atom. The molecule has 0 amide bonds. The SMILES string of the molecule is CN1C[C@@H](c2cc(Cl)ccc2O)[C@H](c2ccccc2Br)C1. The third-order valence-electron chi connectivity index (χ3n) is 4.20. The van der Waals surface area contributed by atoms with Crippen LogP contribution < -0.4 is 0 Å². The number of aromatic hydroxyl groups is 1. The zero-order valence-corrected chi connectivity index (χ0v) is 14.1. The first-order valence-electron chi connectivity index (χ1n) is 6.97. The molecule has 1 aliphatic rings. The first-order valence-corrected chi connectivity index (χ1v) is 8.14. The van der Waals surface area contributed by atoms with Crippen molar-refractivity contribution in [3.8, 4) is 5.75 Å². The van der Waals surface area contributed by atoms with E-state index in [2.05, 4.69) is 46.1 Å². The van der Waals surface area contributed by atoms with E-state index in [1.54, 1.807) is 12.1 Å². The summed E-state index contributed by atoms with van der Waals surface area (Å²) in [5, 5.41) is 10.9. The van der Waals surface area contributed by atoms with Crippen LogP contribution in [0.2, 0.25) is 5.02 Å². The standard InChI is InChI=1S/C17H17BrClNO/c1-20-9-14(12-4-2-3-5-16(12)18)15(10-20)13-8-11(19)6-7-17(13)21/h2-8,14-15,21H,9-10H2,1H3/t14-,15-/m0/s1. The first kappa shape index (κ1) is 14.9. The van der Waals surface area contributed by atoms with Crippen LogP contribution in [0.15, 0.2) is 46.9 Å². The Bertz CT molecular complexity index is 661. The van der Waals surface area contributed by atoms with Crippen LogP contribution in [-0.2, 0) is 0 Å². The van der Waals surface area contributed by atoms with Crippen LogP contribution in [0.25, 0.3) is 0 Å². The van der Waals surface area contributed by atoms with Crippen LogP contribution in [0, 0.1) is 0 Å². The molecule has 0 unspecified atom stereocenters. The maximum atomic E-state index is 10.2. The summed E-state index contributed by atoms with van der Waals surface area (Å²) in [6, 6.07) is 13.6. The fourth-order valence-corrected chi connectivity index (χ4v) is 3.99. The van der Waals surface area contributed by atoms with E-state index in [0.29, 0.717) is 16.7 Å². The van der Waals surface area contributed by atoms with Gasteiger partial charge in [0.1, 0.15) is 5.75 Å². The van der Waals surface area contributed by atoms with E-state index in [1.165, 1.54) is 5.56 Å². The number of hydrogen-bond acceptors (Lipinski definition) is 2. The molecule has 0 radical (unpaired) electrons. The Hall–Kier alpha value is -1.03. The smallest absolute Gasteiger partial charge is 0.119 e. The minimum absolute atomic E-state index is 0.243. The Morgan fingerprint density at radius 3 is 2.48 bits per heavy atom. The van der Waals surface area contributed by atoms with Gasteiger partial charge < -0.3 is 10.0 Å². The molecule has 3 rings (SSSR count). The van der Waals surface area contributed by atoms with Crippen molar-refractivity contribution in [1.82, 2.24) is 4.90 Å². The van der Waals surface area contributed by atoms with Gasteiger partial charge in [0.05, 0.1) is 0 Å². The second-order valence-corrected chi connectivity index (χ2v) is 6.95. The van der Waals surface area contributed by atoms with Gasteiger partial charge >= 0.3 is 0 Å². The van der Waals surface area contributed by atoms with Gasteiger partial charge in [-0.05, 0) is 36.9 Å². The molecular formula is C17H17BrClNO. The van der Waals surface area contributed by atoms with Crippen molar-refractivity contribution in [1.29, 1.82) is 0 Å². The minimum atomic E-state index is 0.243. The lowest BCUT2D eigenvalue weighted by atomic mass is 9.84. The molecule has 4 heteroatoms. The maximum Gasteiger partial charge on any atom is 0.119 e. The number of rotatable bonds is 2. The molecule has 1 aliphatic heterocycles. The molecule has 21 heavy (non-hydrogen) atoms. The molecule has 1 saturated heterocycles. The topological polar surface area (TPSA) is 23.5 Å². The van der Waals surface area contributed by atoms with Crippen molar-refractivity contribution < 1.29 is 5.11 Å². The molecular weight excluding hydrogens is 350 g/mol. The van der Waals surface area contributed by atoms with Gasteiger partial charge in [-0.25, -0.2) is 0 Å². The van der Waals surface area contributed by atoms with Gasteiger partial charge in [-0.15, -0.1) is 0 Å². The van der Waals surface area contributed by atoms with Crippen LogP contribution in [0.3, 0.4) is 0 Å². The van der Waals surface area contributed by atoms with Gasteiger partial charge in [0.2, 0.25) is 0 Å². The van der Waals surface area contributed by atoms with Crippen molar-refractivity contribution in [2.24, 2.45) is 0 Å². The number of nitrogens with zero attached hydrogens (tertiary/aromatic N) is 1. The highest BCUT2D eigenvalue weighted by Gasteiger charge is 2.35. The second-order valence-electron chi connectivity index (χ2n) is 5.66. The lowest BCUT2D eigenvalue weighted by Crippen LogP contribution is -2.13. The number of likely N-dealkylation sites (tertiary alicyclic amines) is 1. The van der Waals surface area contributed by atoms with Gasteiger partial charge in [0.25, 0.3) is 0 Å². The van der Waals surface area contributed by atoms with Crippen LogP contribution in [0.1, 0.15) is 23.0 Å². The predicted octanol–water partition coefficient (Wildman–Crippen LogP) is 4.62. The van der Waals surface area contributed by atoms with Gasteiger partial charge in [0, 0.05) is 40.0 Å². The van der Waals surface area contributed by atoms with Crippen LogP contribution in [-0.4, -0.2) is 30.1 Å². The van der Waals surface area contributed by atoms with E-state index in [9.17, 15) is 5.11 Å². The van der Waals surface area contributed by atoms with Crippen molar-refractivity contribution >= 4 is 27.5 Å². The summed E-state index contributed by atoms with van der Waals surface area (Å²) in [4.78, 5) is 2.30. The second kappa shape index (κ2) is 5.99. The average Bonchev–Trinajstić information content (AvgIpc) is 2.83. The lowest BCUT2D eigenvalue weighted by molar-refractivity contribution is 0.405. The van der Waals surface area contributed by atoms with Crippen molar-refractivity contribution in [2.45, 2.75) is 11.8 Å². The molecule has 0 aliphatic carbocycles. The molecule has 2 atom stereocenters. The van der Waals surface area contributed by atoms with E-state index in [4.69, 9.17) is 11.6 Å². The number of phenolic OH excluding ortho intramolecular Hbond substituents is 1. The van der Waals surface area contributed by atoms with Gasteiger partial charge in [-0.2, -0.15) is 0 Å². The monoisotopic (exact) mass is 365 g/mol. The molecule has 1 heterocycles. The van der Waals surface area contributed by atoms with Crippen LogP contribution >= 0.6 is 27.5 Å². The van der Waals surface area contributed by atoms with Crippen molar-refractivity contribution in [3.63, 3.8) is 0 Å². The van der Waals surface area contributed by atoms with E-state index < -0.39 is 0 Å². The fraction of sp³-hybridized carbons (Fsp3) is 0.294. The Labute approximate surface area is 138 Å². The number of likely N-dealkylation sites (N-methyl/N-ethyl adjacent to an activating group) is 1. The summed E-state index contributed by atoms with van der Waals surface area (Å²) in [5.74, 6) is 0.916. The minimum Gasteiger partial charge on any atom is -0.508 e. The molecule has 0 bridgehead atoms. The highest BCUT2D eigenvalue weighted by atomic mass is 79.9. The molecule has 2 aromatic carbocycles. The van der Waals surface area contributed by atoms with Gasteiger partial charge in [-0.3, -0.25) is 0 Å². The highest BCUT2D eigenvalue weighted by molar-refractivity contribution is 9.10. The predicted molar refractivity (Wildman–Crippen MR) is 90.2 cm³/mol. The summed E-state index contributed by atoms with van der Waals surface area (Å²) in [6.07, 6.45) is 0. The third kappa shape index (κ3) is 2.96. The van der Waals surface area contributed by atoms with Gasteiger partial charge in [0.15, 0.2) is 0 Å². The summed E-state index contributed by atoms with van der Waals surface area (Å²) < 4.78 is 1.12. The molecule has 110 valence electrons. The fourth-order valence-electron chi connectivity index (χ4n) is 3.23. The van der Waals surface area contributed by atoms with E-state index >= 15 is 0 Å². The number of hydrogen-bond donors (Lipinski definition) is 1. The maximum absolute atomic E-state index is 10.2. The van der Waals surface area contributed by atoms with E-state index in [0.717, 1.165) is 23.1 Å². The van der Waals surface area contributed by atoms with Crippen LogP contribution in [0.5, 0.6) is 5.75 Å². The Balaban J connectivity index is 2.04. The van der Waals surface area contributed by atoms with Crippen molar-refractivity contribution in [2.75, 3.05) is 20.1 Å². The molecule has 0 spiro atoms.